The minimum Gasteiger partial charge on any atom is -0.378 e. The first-order valence-corrected chi connectivity index (χ1v) is 13.9. The van der Waals surface area contributed by atoms with Gasteiger partial charge in [0.25, 0.3) is 5.91 Å². The van der Waals surface area contributed by atoms with E-state index in [1.165, 1.54) is 24.9 Å². The van der Waals surface area contributed by atoms with E-state index in [9.17, 15) is 9.00 Å². The molecule has 1 saturated heterocycles. The summed E-state index contributed by atoms with van der Waals surface area (Å²) < 4.78 is 21.6. The molecule has 0 spiro atoms. The molecule has 0 aliphatic carbocycles. The highest BCUT2D eigenvalue weighted by Crippen LogP contribution is 2.23. The fourth-order valence-electron chi connectivity index (χ4n) is 3.46. The summed E-state index contributed by atoms with van der Waals surface area (Å²) in [6, 6.07) is 9.46. The highest BCUT2D eigenvalue weighted by Gasteiger charge is 2.17. The minimum absolute atomic E-state index is 0.141. The van der Waals surface area contributed by atoms with Gasteiger partial charge in [-0.25, -0.2) is 14.2 Å². The molecule has 2 aromatic heterocycles. The van der Waals surface area contributed by atoms with Crippen molar-refractivity contribution in [2.45, 2.75) is 0 Å². The fraction of sp³-hybridized carbons (Fsp3) is 0.292. The zero-order valence-electron chi connectivity index (χ0n) is 20.7. The Morgan fingerprint density at radius 1 is 1.11 bits per heavy atom. The molecule has 3 heterocycles. The lowest BCUT2D eigenvalue weighted by Gasteiger charge is -2.28. The van der Waals surface area contributed by atoms with Gasteiger partial charge in [-0.1, -0.05) is 6.08 Å². The Morgan fingerprint density at radius 3 is 2.54 bits per heavy atom. The predicted molar refractivity (Wildman–Crippen MR) is 145 cm³/mol. The molecule has 0 bridgehead atoms. The van der Waals surface area contributed by atoms with Gasteiger partial charge in [-0.15, -0.1) is 6.58 Å². The van der Waals surface area contributed by atoms with Gasteiger partial charge in [0.1, 0.15) is 5.56 Å². The van der Waals surface area contributed by atoms with Gasteiger partial charge in [0.05, 0.1) is 13.2 Å². The predicted octanol–water partition coefficient (Wildman–Crippen LogP) is 2.87. The number of ether oxygens (including phenoxy) is 1. The van der Waals surface area contributed by atoms with Crippen molar-refractivity contribution in [3.05, 3.63) is 60.9 Å². The first-order valence-electron chi connectivity index (χ1n) is 11.5. The van der Waals surface area contributed by atoms with Crippen LogP contribution in [-0.4, -0.2) is 75.4 Å². The third-order valence-electron chi connectivity index (χ3n) is 5.12. The maximum atomic E-state index is 12.7. The Morgan fingerprint density at radius 2 is 1.84 bits per heavy atom. The van der Waals surface area contributed by atoms with Crippen LogP contribution in [-0.2, 0) is 14.5 Å². The molecule has 0 atom stereocenters. The second-order valence-corrected chi connectivity index (χ2v) is 10.9. The molecule has 0 radical (unpaired) electrons. The lowest BCUT2D eigenvalue weighted by atomic mass is 10.2. The van der Waals surface area contributed by atoms with Crippen molar-refractivity contribution in [1.29, 1.82) is 0 Å². The van der Waals surface area contributed by atoms with E-state index >= 15 is 0 Å². The van der Waals surface area contributed by atoms with E-state index in [2.05, 4.69) is 51.7 Å². The van der Waals surface area contributed by atoms with Crippen LogP contribution in [0.5, 0.6) is 0 Å². The molecule has 37 heavy (non-hydrogen) atoms. The number of rotatable bonds is 9. The average molecular weight is 524 g/mol. The lowest BCUT2D eigenvalue weighted by molar-refractivity contribution is 0.0958. The number of aromatic nitrogens is 4. The molecule has 3 N–H and O–H groups in total. The molecule has 1 aliphatic heterocycles. The van der Waals surface area contributed by atoms with E-state index in [0.717, 1.165) is 24.5 Å². The maximum Gasteiger partial charge on any atom is 0.256 e. The zero-order valence-corrected chi connectivity index (χ0v) is 21.5. The molecule has 0 saturated carbocycles. The van der Waals surface area contributed by atoms with E-state index in [4.69, 9.17) is 4.74 Å². The number of benzene rings is 1. The van der Waals surface area contributed by atoms with E-state index in [0.29, 0.717) is 13.2 Å². The first kappa shape index (κ1) is 26.0. The van der Waals surface area contributed by atoms with Gasteiger partial charge < -0.3 is 25.6 Å². The van der Waals surface area contributed by atoms with E-state index in [-0.39, 0.29) is 35.6 Å². The smallest absolute Gasteiger partial charge is 0.256 e. The largest absolute Gasteiger partial charge is 0.378 e. The van der Waals surface area contributed by atoms with Crippen LogP contribution in [0.1, 0.15) is 10.4 Å². The molecule has 1 aliphatic rings. The highest BCUT2D eigenvalue weighted by molar-refractivity contribution is 7.92. The summed E-state index contributed by atoms with van der Waals surface area (Å²) in [6.45, 7) is 7.03. The summed E-state index contributed by atoms with van der Waals surface area (Å²) in [7, 11) is -2.41. The zero-order chi connectivity index (χ0) is 26.3. The molecule has 0 unspecified atom stereocenters. The van der Waals surface area contributed by atoms with Gasteiger partial charge in [-0.2, -0.15) is 14.3 Å². The Hall–Kier alpha value is -4.10. The van der Waals surface area contributed by atoms with Gasteiger partial charge in [-0.05, 0) is 24.3 Å². The minimum atomic E-state index is -2.41. The third-order valence-corrected chi connectivity index (χ3v) is 5.75. The van der Waals surface area contributed by atoms with Crippen LogP contribution in [0.4, 0.5) is 34.9 Å². The summed E-state index contributed by atoms with van der Waals surface area (Å²) >= 11 is 0. The van der Waals surface area contributed by atoms with Crippen molar-refractivity contribution in [2.75, 3.05) is 60.9 Å². The number of anilines is 5. The number of nitrogens with one attached hydrogen (secondary N) is 3. The highest BCUT2D eigenvalue weighted by atomic mass is 32.2. The van der Waals surface area contributed by atoms with E-state index < -0.39 is 15.6 Å². The van der Waals surface area contributed by atoms with Gasteiger partial charge in [0, 0.05) is 71.7 Å². The van der Waals surface area contributed by atoms with Gasteiger partial charge >= 0.3 is 0 Å². The summed E-state index contributed by atoms with van der Waals surface area (Å²) in [4.78, 5) is 32.2. The topological polar surface area (TPSA) is 147 Å². The number of nitrogens with zero attached hydrogens (tertiary/aromatic N) is 6. The molecular formula is C24H29N9O3S. The van der Waals surface area contributed by atoms with Crippen LogP contribution in [0, 0.1) is 0 Å². The number of morpholine rings is 1. The van der Waals surface area contributed by atoms with Crippen molar-refractivity contribution in [2.24, 2.45) is 4.36 Å². The van der Waals surface area contributed by atoms with Crippen LogP contribution in [0.2, 0.25) is 0 Å². The number of hydrogen-bond acceptors (Lipinski definition) is 11. The quantitative estimate of drug-likeness (QED) is 0.358. The SMILES string of the molecule is C=CCNC(=O)c1cnc(Nc2ccc(N3CCOCC3)cc2)nc1Nc1nccc(N=S(C)(C)=O)n1. The molecule has 1 amide bonds. The average Bonchev–Trinajstić information content (AvgIpc) is 2.88. The fourth-order valence-corrected chi connectivity index (χ4v) is 4.01. The van der Waals surface area contributed by atoms with Crippen molar-refractivity contribution < 1.29 is 13.7 Å². The molecule has 1 aromatic carbocycles. The second kappa shape index (κ2) is 11.8. The van der Waals surface area contributed by atoms with E-state index in [1.54, 1.807) is 12.1 Å². The van der Waals surface area contributed by atoms with Crippen LogP contribution in [0.15, 0.2) is 59.7 Å². The molecular weight excluding hydrogens is 494 g/mol. The summed E-state index contributed by atoms with van der Waals surface area (Å²) in [5, 5.41) is 8.84. The third kappa shape index (κ3) is 7.44. The van der Waals surface area contributed by atoms with Gasteiger partial charge in [0.15, 0.2) is 11.6 Å². The maximum absolute atomic E-state index is 12.7. The Labute approximate surface area is 215 Å². The monoisotopic (exact) mass is 523 g/mol. The second-order valence-electron chi connectivity index (χ2n) is 8.36. The van der Waals surface area contributed by atoms with Crippen molar-refractivity contribution in [3.63, 3.8) is 0 Å². The normalized spacial score (nSPS) is 13.5. The first-order chi connectivity index (χ1) is 17.8. The molecule has 13 heteroatoms. The van der Waals surface area contributed by atoms with Gasteiger partial charge in [-0.3, -0.25) is 4.79 Å². The standard InChI is InChI=1S/C24H29N9O3S/c1-4-10-25-22(34)19-16-27-24(28-17-5-7-18(8-6-17)33-12-14-36-15-13-33)31-21(19)30-23-26-11-9-20(29-23)32-37(2,3)35/h4-9,11,16H,1,10,12-15H2,2-3H3,(H,25,34)(H2,26,27,28,29,30,31). The van der Waals surface area contributed by atoms with Crippen LogP contribution < -0.4 is 20.9 Å². The molecule has 3 aromatic rings. The number of carbonyl (C=O) groups is 1. The summed E-state index contributed by atoms with van der Waals surface area (Å²) in [5.41, 5.74) is 2.08. The molecule has 194 valence electrons. The van der Waals surface area contributed by atoms with Crippen molar-refractivity contribution >= 4 is 50.5 Å². The van der Waals surface area contributed by atoms with Crippen LogP contribution in [0.3, 0.4) is 0 Å². The van der Waals surface area contributed by atoms with Crippen LogP contribution >= 0.6 is 0 Å². The molecule has 12 nitrogen and oxygen atoms in total. The van der Waals surface area contributed by atoms with Crippen molar-refractivity contribution in [1.82, 2.24) is 25.3 Å². The Bertz CT molecular complexity index is 1370. The van der Waals surface area contributed by atoms with E-state index in [1.807, 2.05) is 24.3 Å². The van der Waals surface area contributed by atoms with Crippen LogP contribution in [0.25, 0.3) is 0 Å². The Balaban J connectivity index is 1.58. The molecule has 4 rings (SSSR count). The number of hydrogen-bond donors (Lipinski definition) is 3. The molecule has 1 fully saturated rings. The number of amides is 1. The summed E-state index contributed by atoms with van der Waals surface area (Å²) in [5.74, 6) is 0.456. The van der Waals surface area contributed by atoms with Crippen molar-refractivity contribution in [3.8, 4) is 0 Å². The number of carbonyl (C=O) groups excluding carboxylic acids is 1. The lowest BCUT2D eigenvalue weighted by Crippen LogP contribution is -2.36. The Kier molecular flexibility index (Phi) is 8.25. The summed E-state index contributed by atoms with van der Waals surface area (Å²) in [6.07, 6.45) is 7.49. The van der Waals surface area contributed by atoms with Gasteiger partial charge in [0.2, 0.25) is 11.9 Å².